The predicted octanol–water partition coefficient (Wildman–Crippen LogP) is 1.96. The lowest BCUT2D eigenvalue weighted by molar-refractivity contribution is 0.0539. The van der Waals surface area contributed by atoms with Crippen LogP contribution in [0.25, 0.3) is 0 Å². The molecule has 5 heteroatoms. The van der Waals surface area contributed by atoms with Crippen LogP contribution in [-0.4, -0.2) is 24.2 Å². The van der Waals surface area contributed by atoms with E-state index in [1.807, 2.05) is 0 Å². The third-order valence-corrected chi connectivity index (χ3v) is 0.799. The molecule has 0 rings (SSSR count). The fourth-order valence-electron chi connectivity index (χ4n) is 0.289. The highest BCUT2D eigenvalue weighted by atomic mass is 35.5. The lowest BCUT2D eigenvalue weighted by Gasteiger charge is -2.04. The van der Waals surface area contributed by atoms with E-state index in [2.05, 4.69) is 9.47 Å². The summed E-state index contributed by atoms with van der Waals surface area (Å²) >= 11 is 10.5. The second-order valence-corrected chi connectivity index (χ2v) is 2.44. The summed E-state index contributed by atoms with van der Waals surface area (Å²) in [5.74, 6) is 0.256. The van der Waals surface area contributed by atoms with Gasteiger partial charge in [0.05, 0.1) is 5.88 Å². The van der Waals surface area contributed by atoms with Gasteiger partial charge in [-0.25, -0.2) is 4.79 Å². The van der Waals surface area contributed by atoms with E-state index in [1.54, 1.807) is 0 Å². The molecule has 0 bridgehead atoms. The lowest BCUT2D eigenvalue weighted by atomic mass is 10.8. The van der Waals surface area contributed by atoms with Crippen LogP contribution in [0.5, 0.6) is 0 Å². The van der Waals surface area contributed by atoms with Gasteiger partial charge in [0, 0.05) is 0 Å². The topological polar surface area (TPSA) is 35.5 Å². The maximum atomic E-state index is 10.4. The number of hydrogen-bond donors (Lipinski definition) is 0. The maximum absolute atomic E-state index is 10.4. The second kappa shape index (κ2) is 5.62. The third kappa shape index (κ3) is 5.98. The standard InChI is InChI=1S/C5H8Cl2O3/c1-4(7)10-5(8)9-3-2-6/h4H,2-3H2,1H3. The number of rotatable bonds is 3. The molecule has 0 amide bonds. The largest absolute Gasteiger partial charge is 0.509 e. The highest BCUT2D eigenvalue weighted by molar-refractivity contribution is 6.19. The molecular weight excluding hydrogens is 179 g/mol. The van der Waals surface area contributed by atoms with Crippen molar-refractivity contribution in [2.75, 3.05) is 12.5 Å². The Morgan fingerprint density at radius 1 is 1.70 bits per heavy atom. The first-order chi connectivity index (χ1) is 4.66. The van der Waals surface area contributed by atoms with Crippen LogP contribution >= 0.6 is 23.2 Å². The first kappa shape index (κ1) is 9.85. The zero-order valence-electron chi connectivity index (χ0n) is 5.47. The molecule has 0 spiro atoms. The summed E-state index contributed by atoms with van der Waals surface area (Å²) in [6, 6.07) is 0. The van der Waals surface area contributed by atoms with Crippen molar-refractivity contribution in [3.63, 3.8) is 0 Å². The van der Waals surface area contributed by atoms with Gasteiger partial charge in [0.1, 0.15) is 6.61 Å². The zero-order valence-corrected chi connectivity index (χ0v) is 6.98. The molecule has 0 aliphatic carbocycles. The van der Waals surface area contributed by atoms with Crippen LogP contribution < -0.4 is 0 Å². The fourth-order valence-corrected chi connectivity index (χ4v) is 0.438. The molecule has 1 atom stereocenters. The van der Waals surface area contributed by atoms with E-state index >= 15 is 0 Å². The van der Waals surface area contributed by atoms with Gasteiger partial charge in [0.2, 0.25) is 0 Å². The van der Waals surface area contributed by atoms with Crippen molar-refractivity contribution < 1.29 is 14.3 Å². The van der Waals surface area contributed by atoms with Crippen LogP contribution in [0.4, 0.5) is 4.79 Å². The van der Waals surface area contributed by atoms with Crippen molar-refractivity contribution in [2.24, 2.45) is 0 Å². The van der Waals surface area contributed by atoms with Gasteiger partial charge in [-0.05, 0) is 6.92 Å². The van der Waals surface area contributed by atoms with E-state index in [0.717, 1.165) is 0 Å². The molecule has 0 aliphatic heterocycles. The van der Waals surface area contributed by atoms with E-state index in [-0.39, 0.29) is 12.5 Å². The summed E-state index contributed by atoms with van der Waals surface area (Å²) < 4.78 is 8.82. The number of halogens is 2. The van der Waals surface area contributed by atoms with Crippen molar-refractivity contribution in [2.45, 2.75) is 12.5 Å². The highest BCUT2D eigenvalue weighted by Gasteiger charge is 2.05. The Balaban J connectivity index is 3.26. The van der Waals surface area contributed by atoms with Gasteiger partial charge in [0.25, 0.3) is 0 Å². The normalized spacial score (nSPS) is 12.3. The van der Waals surface area contributed by atoms with Gasteiger partial charge < -0.3 is 9.47 Å². The van der Waals surface area contributed by atoms with Crippen LogP contribution in [0.1, 0.15) is 6.92 Å². The van der Waals surface area contributed by atoms with Crippen LogP contribution in [0.2, 0.25) is 0 Å². The van der Waals surface area contributed by atoms with E-state index < -0.39 is 11.7 Å². The monoisotopic (exact) mass is 186 g/mol. The first-order valence-corrected chi connectivity index (χ1v) is 3.67. The summed E-state index contributed by atoms with van der Waals surface area (Å²) in [6.07, 6.45) is -0.789. The van der Waals surface area contributed by atoms with Gasteiger partial charge >= 0.3 is 6.16 Å². The highest BCUT2D eigenvalue weighted by Crippen LogP contribution is 1.97. The average molecular weight is 187 g/mol. The molecule has 0 saturated heterocycles. The Morgan fingerprint density at radius 2 is 2.30 bits per heavy atom. The van der Waals surface area contributed by atoms with E-state index in [0.29, 0.717) is 0 Å². The van der Waals surface area contributed by atoms with E-state index in [1.165, 1.54) is 6.92 Å². The summed E-state index contributed by atoms with van der Waals surface area (Å²) in [6.45, 7) is 1.66. The second-order valence-electron chi connectivity index (χ2n) is 1.45. The molecule has 0 aliphatic rings. The van der Waals surface area contributed by atoms with Crippen molar-refractivity contribution in [3.8, 4) is 0 Å². The Kier molecular flexibility index (Phi) is 5.54. The van der Waals surface area contributed by atoms with Gasteiger partial charge in [-0.1, -0.05) is 11.6 Å². The number of alkyl halides is 2. The van der Waals surface area contributed by atoms with Crippen molar-refractivity contribution >= 4 is 29.4 Å². The number of carbonyl (C=O) groups excluding carboxylic acids is 1. The smallest absolute Gasteiger partial charge is 0.433 e. The molecule has 0 aromatic carbocycles. The molecule has 0 saturated carbocycles. The molecular formula is C5H8Cl2O3. The SMILES string of the molecule is CC(Cl)OC(=O)OCCCl. The minimum absolute atomic E-state index is 0.143. The quantitative estimate of drug-likeness (QED) is 0.500. The third-order valence-electron chi connectivity index (χ3n) is 0.556. The Labute approximate surface area is 69.2 Å². The maximum Gasteiger partial charge on any atom is 0.509 e. The molecule has 0 aromatic rings. The van der Waals surface area contributed by atoms with Gasteiger partial charge in [0.15, 0.2) is 5.56 Å². The van der Waals surface area contributed by atoms with Gasteiger partial charge in [-0.3, -0.25) is 0 Å². The Bertz CT molecular complexity index is 105. The van der Waals surface area contributed by atoms with Crippen LogP contribution in [0.15, 0.2) is 0 Å². The Morgan fingerprint density at radius 3 is 2.70 bits per heavy atom. The van der Waals surface area contributed by atoms with E-state index in [4.69, 9.17) is 23.2 Å². The van der Waals surface area contributed by atoms with Gasteiger partial charge in [-0.2, -0.15) is 0 Å². The zero-order chi connectivity index (χ0) is 7.98. The number of hydrogen-bond acceptors (Lipinski definition) is 3. The minimum Gasteiger partial charge on any atom is -0.433 e. The molecule has 1 unspecified atom stereocenters. The fraction of sp³-hybridized carbons (Fsp3) is 0.800. The van der Waals surface area contributed by atoms with Crippen molar-refractivity contribution in [1.82, 2.24) is 0 Å². The molecule has 0 heterocycles. The summed E-state index contributed by atoms with van der Waals surface area (Å²) in [7, 11) is 0. The molecule has 3 nitrogen and oxygen atoms in total. The summed E-state index contributed by atoms with van der Waals surface area (Å²) in [4.78, 5) is 10.4. The molecule has 60 valence electrons. The van der Waals surface area contributed by atoms with Crippen molar-refractivity contribution in [1.29, 1.82) is 0 Å². The number of ether oxygens (including phenoxy) is 2. The van der Waals surface area contributed by atoms with Crippen LogP contribution in [0.3, 0.4) is 0 Å². The number of carbonyl (C=O) groups is 1. The molecule has 10 heavy (non-hydrogen) atoms. The minimum atomic E-state index is -0.789. The Hall–Kier alpha value is -0.150. The predicted molar refractivity (Wildman–Crippen MR) is 38.5 cm³/mol. The summed E-state index contributed by atoms with van der Waals surface area (Å²) in [5, 5.41) is 0. The molecule has 0 N–H and O–H groups in total. The first-order valence-electron chi connectivity index (χ1n) is 2.70. The van der Waals surface area contributed by atoms with Crippen LogP contribution in [-0.2, 0) is 9.47 Å². The molecule has 0 radical (unpaired) electrons. The lowest BCUT2D eigenvalue weighted by Crippen LogP contribution is -2.12. The van der Waals surface area contributed by atoms with Crippen LogP contribution in [0, 0.1) is 0 Å². The molecule has 0 fully saturated rings. The summed E-state index contributed by atoms with van der Waals surface area (Å²) in [5.41, 5.74) is -0.664. The van der Waals surface area contributed by atoms with Gasteiger partial charge in [-0.15, -0.1) is 11.6 Å². The van der Waals surface area contributed by atoms with E-state index in [9.17, 15) is 4.79 Å². The van der Waals surface area contributed by atoms with Crippen molar-refractivity contribution in [3.05, 3.63) is 0 Å². The molecule has 0 aromatic heterocycles. The average Bonchev–Trinajstić information content (AvgIpc) is 1.82.